The molecule has 2 heterocycles. The summed E-state index contributed by atoms with van der Waals surface area (Å²) >= 11 is 0. The van der Waals surface area contributed by atoms with Crippen LogP contribution in [0.15, 0.2) is 35.8 Å². The fraction of sp³-hybridized carbons (Fsp3) is 0.500. The first kappa shape index (κ1) is 21.6. The summed E-state index contributed by atoms with van der Waals surface area (Å²) in [5, 5.41) is 14.4. The SMILES string of the molecule is C=C(/N=C(\ON)c1nn(C)c2c1CCC(C)(C)C2)c1ccc(N2CCC(O)CC2)cc1. The molecule has 1 aromatic carbocycles. The number of aliphatic imine (C=N–C) groups is 1. The molecule has 1 aliphatic carbocycles. The quantitative estimate of drug-likeness (QED) is 0.448. The molecule has 0 atom stereocenters. The minimum absolute atomic E-state index is 0.178. The summed E-state index contributed by atoms with van der Waals surface area (Å²) in [5.74, 6) is 5.91. The number of aryl methyl sites for hydroxylation is 1. The van der Waals surface area contributed by atoms with E-state index in [1.165, 1.54) is 11.3 Å². The Morgan fingerprint density at radius 2 is 1.94 bits per heavy atom. The van der Waals surface area contributed by atoms with Gasteiger partial charge >= 0.3 is 0 Å². The van der Waals surface area contributed by atoms with Crippen LogP contribution >= 0.6 is 0 Å². The Morgan fingerprint density at radius 3 is 2.58 bits per heavy atom. The number of aliphatic hydroxyl groups is 1. The number of anilines is 1. The van der Waals surface area contributed by atoms with Crippen molar-refractivity contribution >= 4 is 17.3 Å². The molecular formula is C24H33N5O2. The van der Waals surface area contributed by atoms with E-state index in [4.69, 9.17) is 10.7 Å². The Kier molecular flexibility index (Phi) is 5.90. The molecule has 2 aromatic rings. The third-order valence-electron chi connectivity index (χ3n) is 6.55. The highest BCUT2D eigenvalue weighted by atomic mass is 16.6. The number of benzene rings is 1. The lowest BCUT2D eigenvalue weighted by Gasteiger charge is -2.31. The van der Waals surface area contributed by atoms with Crippen molar-refractivity contribution < 1.29 is 9.94 Å². The minimum atomic E-state index is -0.178. The van der Waals surface area contributed by atoms with Gasteiger partial charge in [0.05, 0.1) is 11.8 Å². The number of hydrogen-bond donors (Lipinski definition) is 2. The number of nitrogens with zero attached hydrogens (tertiary/aromatic N) is 4. The van der Waals surface area contributed by atoms with Gasteiger partial charge in [0.15, 0.2) is 5.69 Å². The fourth-order valence-electron chi connectivity index (χ4n) is 4.57. The van der Waals surface area contributed by atoms with Crippen LogP contribution in [-0.2, 0) is 24.7 Å². The Hall–Kier alpha value is -2.64. The third kappa shape index (κ3) is 4.52. The number of hydrogen-bond acceptors (Lipinski definition) is 6. The molecule has 2 aliphatic rings. The molecular weight excluding hydrogens is 390 g/mol. The van der Waals surface area contributed by atoms with Crippen molar-refractivity contribution in [2.75, 3.05) is 18.0 Å². The maximum atomic E-state index is 9.71. The van der Waals surface area contributed by atoms with Crippen LogP contribution < -0.4 is 10.8 Å². The molecule has 1 aliphatic heterocycles. The highest BCUT2D eigenvalue weighted by Crippen LogP contribution is 2.36. The average molecular weight is 424 g/mol. The largest absolute Gasteiger partial charge is 0.393 e. The summed E-state index contributed by atoms with van der Waals surface area (Å²) in [6.07, 6.45) is 4.43. The lowest BCUT2D eigenvalue weighted by molar-refractivity contribution is 0.145. The van der Waals surface area contributed by atoms with E-state index < -0.39 is 0 Å². The van der Waals surface area contributed by atoms with Gasteiger partial charge in [-0.3, -0.25) is 4.68 Å². The second-order valence-corrected chi connectivity index (χ2v) is 9.49. The molecule has 1 fully saturated rings. The van der Waals surface area contributed by atoms with Gasteiger partial charge in [0, 0.05) is 37.1 Å². The van der Waals surface area contributed by atoms with Crippen LogP contribution in [0, 0.1) is 5.41 Å². The van der Waals surface area contributed by atoms with Crippen LogP contribution in [0.4, 0.5) is 5.69 Å². The molecule has 31 heavy (non-hydrogen) atoms. The van der Waals surface area contributed by atoms with Gasteiger partial charge in [0.1, 0.15) is 0 Å². The van der Waals surface area contributed by atoms with Gasteiger partial charge in [-0.15, -0.1) is 0 Å². The average Bonchev–Trinajstić information content (AvgIpc) is 3.07. The summed E-state index contributed by atoms with van der Waals surface area (Å²) in [6, 6.07) is 8.16. The first-order valence-corrected chi connectivity index (χ1v) is 11.0. The number of aromatic nitrogens is 2. The molecule has 1 saturated heterocycles. The van der Waals surface area contributed by atoms with Crippen molar-refractivity contribution in [1.82, 2.24) is 9.78 Å². The summed E-state index contributed by atoms with van der Waals surface area (Å²) < 4.78 is 1.92. The molecule has 7 nitrogen and oxygen atoms in total. The lowest BCUT2D eigenvalue weighted by atomic mass is 9.76. The number of aliphatic hydroxyl groups excluding tert-OH is 1. The first-order chi connectivity index (χ1) is 14.8. The summed E-state index contributed by atoms with van der Waals surface area (Å²) in [5.41, 5.74) is 5.98. The van der Waals surface area contributed by atoms with Crippen molar-refractivity contribution in [1.29, 1.82) is 0 Å². The number of nitrogens with two attached hydrogens (primary N) is 1. The predicted octanol–water partition coefficient (Wildman–Crippen LogP) is 3.20. The first-order valence-electron chi connectivity index (χ1n) is 11.0. The maximum absolute atomic E-state index is 9.71. The molecule has 166 valence electrons. The van der Waals surface area contributed by atoms with Crippen molar-refractivity contribution in [3.8, 4) is 0 Å². The highest BCUT2D eigenvalue weighted by Gasteiger charge is 2.32. The Labute approximate surface area is 184 Å². The van der Waals surface area contributed by atoms with E-state index in [1.54, 1.807) is 0 Å². The van der Waals surface area contributed by atoms with E-state index in [1.807, 2.05) is 23.9 Å². The third-order valence-corrected chi connectivity index (χ3v) is 6.55. The zero-order valence-corrected chi connectivity index (χ0v) is 18.8. The van der Waals surface area contributed by atoms with Crippen LogP contribution in [0.25, 0.3) is 5.70 Å². The van der Waals surface area contributed by atoms with Crippen molar-refractivity contribution in [2.24, 2.45) is 23.4 Å². The molecule has 0 spiro atoms. The number of fused-ring (bicyclic) bond motifs is 1. The van der Waals surface area contributed by atoms with Gasteiger partial charge in [0.2, 0.25) is 0 Å². The maximum Gasteiger partial charge on any atom is 0.266 e. The van der Waals surface area contributed by atoms with E-state index in [0.29, 0.717) is 17.3 Å². The Balaban J connectivity index is 1.54. The van der Waals surface area contributed by atoms with Crippen molar-refractivity contribution in [3.63, 3.8) is 0 Å². The summed E-state index contributed by atoms with van der Waals surface area (Å²) in [6.45, 7) is 10.4. The molecule has 4 rings (SSSR count). The minimum Gasteiger partial charge on any atom is -0.393 e. The Morgan fingerprint density at radius 1 is 1.26 bits per heavy atom. The van der Waals surface area contributed by atoms with E-state index in [9.17, 15) is 5.11 Å². The molecule has 0 bridgehead atoms. The Bertz CT molecular complexity index is 982. The second kappa shape index (κ2) is 8.48. The van der Waals surface area contributed by atoms with E-state index >= 15 is 0 Å². The molecule has 7 heteroatoms. The van der Waals surface area contributed by atoms with Gasteiger partial charge in [-0.05, 0) is 55.2 Å². The van der Waals surface area contributed by atoms with Crippen LogP contribution in [0.2, 0.25) is 0 Å². The standard InChI is InChI=1S/C24H33N5O2/c1-16(17-5-7-18(8-6-17)29-13-10-19(30)11-14-29)26-23(31-25)22-20-9-12-24(2,3)15-21(20)28(4)27-22/h5-8,19,30H,1,9-15,25H2,2-4H3/b26-23-. The highest BCUT2D eigenvalue weighted by molar-refractivity contribution is 5.97. The molecule has 3 N–H and O–H groups in total. The lowest BCUT2D eigenvalue weighted by Crippen LogP contribution is -2.35. The summed E-state index contributed by atoms with van der Waals surface area (Å²) in [7, 11) is 1.96. The van der Waals surface area contributed by atoms with Gasteiger partial charge in [-0.25, -0.2) is 4.99 Å². The van der Waals surface area contributed by atoms with Crippen LogP contribution in [0.1, 0.15) is 55.6 Å². The zero-order chi connectivity index (χ0) is 22.2. The fourth-order valence-corrected chi connectivity index (χ4v) is 4.57. The van der Waals surface area contributed by atoms with Crippen LogP contribution in [0.3, 0.4) is 0 Å². The van der Waals surface area contributed by atoms with Crippen molar-refractivity contribution in [2.45, 2.75) is 52.1 Å². The topological polar surface area (TPSA) is 88.9 Å². The van der Waals surface area contributed by atoms with Gasteiger partial charge < -0.3 is 14.8 Å². The summed E-state index contributed by atoms with van der Waals surface area (Å²) in [4.78, 5) is 12.1. The smallest absolute Gasteiger partial charge is 0.266 e. The van der Waals surface area contributed by atoms with Crippen LogP contribution in [-0.4, -0.2) is 40.0 Å². The van der Waals surface area contributed by atoms with Gasteiger partial charge in [-0.1, -0.05) is 32.6 Å². The molecule has 0 unspecified atom stereocenters. The van der Waals surface area contributed by atoms with E-state index in [-0.39, 0.29) is 11.5 Å². The van der Waals surface area contributed by atoms with Crippen molar-refractivity contribution in [3.05, 3.63) is 53.4 Å². The predicted molar refractivity (Wildman–Crippen MR) is 124 cm³/mol. The van der Waals surface area contributed by atoms with E-state index in [0.717, 1.165) is 56.4 Å². The zero-order valence-electron chi connectivity index (χ0n) is 18.8. The van der Waals surface area contributed by atoms with Gasteiger partial charge in [-0.2, -0.15) is 11.0 Å². The monoisotopic (exact) mass is 423 g/mol. The van der Waals surface area contributed by atoms with Gasteiger partial charge in [0.25, 0.3) is 5.90 Å². The van der Waals surface area contributed by atoms with E-state index in [2.05, 4.69) is 47.6 Å². The normalized spacial score (nSPS) is 19.3. The molecule has 0 saturated carbocycles. The number of rotatable bonds is 4. The van der Waals surface area contributed by atoms with Crippen LogP contribution in [0.5, 0.6) is 0 Å². The second-order valence-electron chi connectivity index (χ2n) is 9.49. The molecule has 0 amide bonds. The number of piperidine rings is 1. The molecule has 0 radical (unpaired) electrons. The molecule has 1 aromatic heterocycles.